The Kier molecular flexibility index (Phi) is 5.56. The minimum atomic E-state index is 0.00166. The number of halogens is 1. The monoisotopic (exact) mass is 375 g/mol. The first-order valence-electron chi connectivity index (χ1n) is 6.27. The zero-order valence-corrected chi connectivity index (χ0v) is 12.8. The van der Waals surface area contributed by atoms with Crippen molar-refractivity contribution < 1.29 is 9.53 Å². The van der Waals surface area contributed by atoms with Crippen LogP contribution in [0.3, 0.4) is 0 Å². The zero-order chi connectivity index (χ0) is 13.7. The van der Waals surface area contributed by atoms with E-state index in [2.05, 4.69) is 32.8 Å². The van der Waals surface area contributed by atoms with Crippen LogP contribution in [-0.4, -0.2) is 49.7 Å². The molecule has 0 saturated carbocycles. The van der Waals surface area contributed by atoms with Crippen LogP contribution in [0.15, 0.2) is 24.3 Å². The summed E-state index contributed by atoms with van der Waals surface area (Å²) in [4.78, 5) is 14.1. The molecule has 1 heterocycles. The highest BCUT2D eigenvalue weighted by Crippen LogP contribution is 2.16. The van der Waals surface area contributed by atoms with Crippen molar-refractivity contribution in [1.82, 2.24) is 4.90 Å². The van der Waals surface area contributed by atoms with Gasteiger partial charge in [0.2, 0.25) is 5.91 Å². The molecule has 0 bridgehead atoms. The lowest BCUT2D eigenvalue weighted by Gasteiger charge is -2.31. The fourth-order valence-electron chi connectivity index (χ4n) is 2.02. The number of nitrogens with two attached hydrogens (primary N) is 1. The summed E-state index contributed by atoms with van der Waals surface area (Å²) in [5.74, 6) is 0.00166. The fourth-order valence-corrected chi connectivity index (χ4v) is 2.54. The predicted octanol–water partition coefficient (Wildman–Crippen LogP) is 0.889. The third kappa shape index (κ3) is 4.41. The smallest absolute Gasteiger partial charge is 0.238 e. The molecular weight excluding hydrogens is 357 g/mol. The highest BCUT2D eigenvalue weighted by molar-refractivity contribution is 14.1. The summed E-state index contributed by atoms with van der Waals surface area (Å²) in [5.41, 5.74) is 6.44. The van der Waals surface area contributed by atoms with Gasteiger partial charge in [0.1, 0.15) is 0 Å². The van der Waals surface area contributed by atoms with Gasteiger partial charge < -0.3 is 15.8 Å². The Morgan fingerprint density at radius 3 is 3.05 bits per heavy atom. The molecule has 1 aliphatic rings. The first kappa shape index (κ1) is 14.7. The molecule has 104 valence electrons. The number of para-hydroxylation sites is 1. The van der Waals surface area contributed by atoms with Gasteiger partial charge in [-0.15, -0.1) is 0 Å². The summed E-state index contributed by atoms with van der Waals surface area (Å²) >= 11 is 2.21. The molecular formula is C13H18IN3O2. The summed E-state index contributed by atoms with van der Waals surface area (Å²) in [6.45, 7) is 3.00. The zero-order valence-electron chi connectivity index (χ0n) is 10.6. The number of hydrogen-bond acceptors (Lipinski definition) is 4. The van der Waals surface area contributed by atoms with Crippen molar-refractivity contribution in [1.29, 1.82) is 0 Å². The molecule has 1 amide bonds. The van der Waals surface area contributed by atoms with Crippen molar-refractivity contribution in [3.05, 3.63) is 27.8 Å². The van der Waals surface area contributed by atoms with Gasteiger partial charge in [-0.1, -0.05) is 12.1 Å². The average Bonchev–Trinajstić information content (AvgIpc) is 2.41. The van der Waals surface area contributed by atoms with E-state index in [4.69, 9.17) is 10.5 Å². The van der Waals surface area contributed by atoms with Gasteiger partial charge in [0.15, 0.2) is 0 Å². The molecule has 1 atom stereocenters. The molecule has 1 aromatic carbocycles. The van der Waals surface area contributed by atoms with Crippen molar-refractivity contribution in [2.45, 2.75) is 6.10 Å². The third-order valence-electron chi connectivity index (χ3n) is 3.00. The minimum Gasteiger partial charge on any atom is -0.374 e. The molecule has 5 nitrogen and oxygen atoms in total. The normalized spacial score (nSPS) is 20.2. The maximum atomic E-state index is 12.0. The van der Waals surface area contributed by atoms with Crippen molar-refractivity contribution in [2.75, 3.05) is 38.1 Å². The van der Waals surface area contributed by atoms with Gasteiger partial charge >= 0.3 is 0 Å². The van der Waals surface area contributed by atoms with Gasteiger partial charge in [0.05, 0.1) is 24.9 Å². The van der Waals surface area contributed by atoms with Gasteiger partial charge in [-0.05, 0) is 34.7 Å². The van der Waals surface area contributed by atoms with Crippen LogP contribution in [0.25, 0.3) is 0 Å². The van der Waals surface area contributed by atoms with E-state index in [0.29, 0.717) is 19.7 Å². The van der Waals surface area contributed by atoms with E-state index in [0.717, 1.165) is 22.3 Å². The van der Waals surface area contributed by atoms with E-state index in [9.17, 15) is 4.79 Å². The van der Waals surface area contributed by atoms with Gasteiger partial charge in [0, 0.05) is 23.2 Å². The molecule has 2 rings (SSSR count). The number of ether oxygens (including phenoxy) is 1. The lowest BCUT2D eigenvalue weighted by molar-refractivity contribution is -0.119. The van der Waals surface area contributed by atoms with Crippen molar-refractivity contribution in [3.63, 3.8) is 0 Å². The van der Waals surface area contributed by atoms with Gasteiger partial charge in [-0.25, -0.2) is 0 Å². The summed E-state index contributed by atoms with van der Waals surface area (Å²) in [5, 5.41) is 2.93. The maximum absolute atomic E-state index is 12.0. The van der Waals surface area contributed by atoms with Crippen LogP contribution in [-0.2, 0) is 9.53 Å². The minimum absolute atomic E-state index is 0.00166. The lowest BCUT2D eigenvalue weighted by Crippen LogP contribution is -2.48. The Balaban J connectivity index is 1.86. The number of hydrogen-bond donors (Lipinski definition) is 2. The molecule has 1 fully saturated rings. The molecule has 3 N–H and O–H groups in total. The van der Waals surface area contributed by atoms with Crippen LogP contribution in [0.5, 0.6) is 0 Å². The van der Waals surface area contributed by atoms with Gasteiger partial charge in [-0.2, -0.15) is 0 Å². The molecule has 1 unspecified atom stereocenters. The number of rotatable bonds is 4. The largest absolute Gasteiger partial charge is 0.374 e. The fraction of sp³-hybridized carbons (Fsp3) is 0.462. The van der Waals surface area contributed by atoms with Crippen molar-refractivity contribution >= 4 is 34.2 Å². The number of amides is 1. The average molecular weight is 375 g/mol. The van der Waals surface area contributed by atoms with E-state index in [1.807, 2.05) is 24.3 Å². The molecule has 0 spiro atoms. The summed E-state index contributed by atoms with van der Waals surface area (Å²) in [7, 11) is 0. The van der Waals surface area contributed by atoms with Crippen LogP contribution >= 0.6 is 22.6 Å². The Labute approximate surface area is 126 Å². The van der Waals surface area contributed by atoms with Crippen molar-refractivity contribution in [3.8, 4) is 0 Å². The SMILES string of the molecule is NCC1CN(CC(=O)Nc2ccccc2I)CCO1. The number of nitrogens with one attached hydrogen (secondary N) is 1. The predicted molar refractivity (Wildman–Crippen MR) is 83.0 cm³/mol. The summed E-state index contributed by atoms with van der Waals surface area (Å²) in [6, 6.07) is 7.74. The van der Waals surface area contributed by atoms with Crippen LogP contribution in [0, 0.1) is 3.57 Å². The van der Waals surface area contributed by atoms with Crippen LogP contribution in [0.4, 0.5) is 5.69 Å². The van der Waals surface area contributed by atoms with E-state index in [-0.39, 0.29) is 12.0 Å². The maximum Gasteiger partial charge on any atom is 0.238 e. The second-order valence-corrected chi connectivity index (χ2v) is 5.65. The quantitative estimate of drug-likeness (QED) is 0.768. The lowest BCUT2D eigenvalue weighted by atomic mass is 10.2. The van der Waals surface area contributed by atoms with Crippen molar-refractivity contribution in [2.24, 2.45) is 5.73 Å². The van der Waals surface area contributed by atoms with E-state index in [1.165, 1.54) is 0 Å². The Morgan fingerprint density at radius 1 is 1.53 bits per heavy atom. The summed E-state index contributed by atoms with van der Waals surface area (Å²) in [6.07, 6.45) is 0.0402. The molecule has 1 aromatic rings. The molecule has 0 radical (unpaired) electrons. The molecule has 19 heavy (non-hydrogen) atoms. The number of carbonyl (C=O) groups excluding carboxylic acids is 1. The Hall–Kier alpha value is -0.700. The number of anilines is 1. The van der Waals surface area contributed by atoms with Crippen LogP contribution in [0.1, 0.15) is 0 Å². The number of morpholine rings is 1. The molecule has 0 aliphatic carbocycles. The highest BCUT2D eigenvalue weighted by Gasteiger charge is 2.21. The second-order valence-electron chi connectivity index (χ2n) is 4.49. The van der Waals surface area contributed by atoms with E-state index in [1.54, 1.807) is 0 Å². The third-order valence-corrected chi connectivity index (χ3v) is 3.94. The number of carbonyl (C=O) groups is 1. The standard InChI is InChI=1S/C13H18IN3O2/c14-11-3-1-2-4-12(11)16-13(18)9-17-5-6-19-10(7-15)8-17/h1-4,10H,5-9,15H2,(H,16,18). The molecule has 0 aromatic heterocycles. The van der Waals surface area contributed by atoms with E-state index >= 15 is 0 Å². The Morgan fingerprint density at radius 2 is 2.32 bits per heavy atom. The molecule has 1 saturated heterocycles. The Bertz CT molecular complexity index is 442. The van der Waals surface area contributed by atoms with E-state index < -0.39 is 0 Å². The molecule has 6 heteroatoms. The van der Waals surface area contributed by atoms with Crippen LogP contribution < -0.4 is 11.1 Å². The second kappa shape index (κ2) is 7.18. The van der Waals surface area contributed by atoms with Crippen LogP contribution in [0.2, 0.25) is 0 Å². The number of nitrogens with zero attached hydrogens (tertiary/aromatic N) is 1. The first-order valence-corrected chi connectivity index (χ1v) is 7.35. The first-order chi connectivity index (χ1) is 9.19. The summed E-state index contributed by atoms with van der Waals surface area (Å²) < 4.78 is 6.51. The van der Waals surface area contributed by atoms with Gasteiger partial charge in [-0.3, -0.25) is 9.69 Å². The van der Waals surface area contributed by atoms with Gasteiger partial charge in [0.25, 0.3) is 0 Å². The highest BCUT2D eigenvalue weighted by atomic mass is 127. The molecule has 1 aliphatic heterocycles. The topological polar surface area (TPSA) is 67.6 Å². The number of benzene rings is 1.